The van der Waals surface area contributed by atoms with Crippen LogP contribution in [0.1, 0.15) is 5.56 Å². The molecule has 0 bridgehead atoms. The molecule has 0 saturated heterocycles. The molecule has 10 heteroatoms. The molecule has 21 heavy (non-hydrogen) atoms. The van der Waals surface area contributed by atoms with Crippen molar-refractivity contribution in [1.82, 2.24) is 0 Å². The second-order valence-corrected chi connectivity index (χ2v) is 7.23. The third-order valence-electron chi connectivity index (χ3n) is 2.92. The fourth-order valence-corrected chi connectivity index (χ4v) is 3.17. The third-order valence-corrected chi connectivity index (χ3v) is 4.78. The Morgan fingerprint density at radius 3 is 1.95 bits per heavy atom. The molecule has 0 fully saturated rings. The van der Waals surface area contributed by atoms with E-state index >= 15 is 0 Å². The Balaban J connectivity index is 3.66. The first kappa shape index (κ1) is 18.5. The first-order valence-corrected chi connectivity index (χ1v) is 8.63. The van der Waals surface area contributed by atoms with Crippen LogP contribution in [0, 0.1) is 0 Å². The maximum Gasteiger partial charge on any atom is 0.310 e. The highest BCUT2D eigenvalue weighted by Crippen LogP contribution is 3.02. The van der Waals surface area contributed by atoms with Crippen LogP contribution in [0.25, 0.3) is 0 Å². The Hall–Kier alpha value is -0.580. The lowest BCUT2D eigenvalue weighted by molar-refractivity contribution is -0.197. The summed E-state index contributed by atoms with van der Waals surface area (Å²) in [4.78, 5) is -2.00. The minimum absolute atomic E-state index is 0.0417. The van der Waals surface area contributed by atoms with Crippen LogP contribution in [-0.4, -0.2) is 26.6 Å². The van der Waals surface area contributed by atoms with Crippen LogP contribution in [0.4, 0.5) is 25.1 Å². The number of benzene rings is 1. The maximum absolute atomic E-state index is 13.0. The third kappa shape index (κ3) is 3.99. The van der Waals surface area contributed by atoms with Gasteiger partial charge in [0, 0.05) is 32.5 Å². The van der Waals surface area contributed by atoms with Crippen molar-refractivity contribution in [2.75, 3.05) is 31.9 Å². The van der Waals surface area contributed by atoms with Crippen molar-refractivity contribution < 1.29 is 28.9 Å². The summed E-state index contributed by atoms with van der Waals surface area (Å²) in [7, 11) is -6.08. The van der Waals surface area contributed by atoms with E-state index < -0.39 is 20.9 Å². The van der Waals surface area contributed by atoms with E-state index in [0.717, 1.165) is 0 Å². The molecule has 0 aliphatic carbocycles. The molecule has 0 saturated carbocycles. The number of hydrogen-bond acceptors (Lipinski definition) is 3. The summed E-state index contributed by atoms with van der Waals surface area (Å²) in [5, 5.41) is 2.38. The first-order chi connectivity index (χ1) is 9.31. The average Bonchev–Trinajstić information content (AvgIpc) is 2.38. The highest BCUT2D eigenvalue weighted by molar-refractivity contribution is 9.09. The molecule has 0 atom stereocenters. The van der Waals surface area contributed by atoms with Gasteiger partial charge in [0.2, 0.25) is 5.79 Å². The lowest BCUT2D eigenvalue weighted by atomic mass is 10.1. The predicted octanol–water partition coefficient (Wildman–Crippen LogP) is 5.23. The molecule has 0 amide bonds. The maximum atomic E-state index is 13.0. The monoisotopic (exact) mass is 399 g/mol. The zero-order valence-electron chi connectivity index (χ0n) is 11.4. The van der Waals surface area contributed by atoms with Crippen LogP contribution in [-0.2, 0) is 15.3 Å². The van der Waals surface area contributed by atoms with Gasteiger partial charge < -0.3 is 14.8 Å². The van der Waals surface area contributed by atoms with Crippen molar-refractivity contribution in [3.8, 4) is 0 Å². The number of alkyl halides is 1. The van der Waals surface area contributed by atoms with Gasteiger partial charge in [0.25, 0.3) is 0 Å². The second kappa shape index (κ2) is 4.97. The van der Waals surface area contributed by atoms with Crippen LogP contribution in [0.3, 0.4) is 0 Å². The van der Waals surface area contributed by atoms with E-state index in [1.807, 2.05) is 0 Å². The Labute approximate surface area is 127 Å². The Morgan fingerprint density at radius 2 is 1.62 bits per heavy atom. The largest absolute Gasteiger partial charge is 0.388 e. The average molecular weight is 400 g/mol. The van der Waals surface area contributed by atoms with Crippen LogP contribution < -0.4 is 5.32 Å². The molecule has 1 rings (SSSR count). The van der Waals surface area contributed by atoms with Crippen molar-refractivity contribution >= 4 is 31.8 Å². The molecule has 0 heterocycles. The Kier molecular flexibility index (Phi) is 4.37. The molecule has 1 N–H and O–H groups in total. The summed E-state index contributed by atoms with van der Waals surface area (Å²) in [6.07, 6.45) is 0. The molecule has 0 aliphatic heterocycles. The summed E-state index contributed by atoms with van der Waals surface area (Å²) in [6.45, 7) is 0. The SMILES string of the molecule is CNc1cc(C(CBr)(OC)OC)cc(S(F)(F)(F)(F)F)c1. The fourth-order valence-electron chi connectivity index (χ4n) is 1.69. The van der Waals surface area contributed by atoms with Crippen LogP contribution in [0.2, 0.25) is 0 Å². The molecule has 0 aliphatic rings. The van der Waals surface area contributed by atoms with Gasteiger partial charge >= 0.3 is 10.2 Å². The van der Waals surface area contributed by atoms with Crippen LogP contribution >= 0.6 is 26.2 Å². The summed E-state index contributed by atoms with van der Waals surface area (Å²) in [5.41, 5.74) is -0.311. The molecule has 1 aromatic carbocycles. The van der Waals surface area contributed by atoms with Crippen molar-refractivity contribution in [3.05, 3.63) is 23.8 Å². The number of halogens is 6. The lowest BCUT2D eigenvalue weighted by Crippen LogP contribution is -2.33. The van der Waals surface area contributed by atoms with E-state index in [1.165, 1.54) is 27.3 Å². The number of nitrogens with one attached hydrogen (secondary N) is 1. The molecular weight excluding hydrogens is 385 g/mol. The molecule has 3 nitrogen and oxygen atoms in total. The minimum atomic E-state index is -9.81. The molecule has 1 aromatic rings. The van der Waals surface area contributed by atoms with Gasteiger partial charge in [-0.1, -0.05) is 35.4 Å². The first-order valence-electron chi connectivity index (χ1n) is 5.55. The van der Waals surface area contributed by atoms with E-state index in [-0.39, 0.29) is 16.6 Å². The van der Waals surface area contributed by atoms with Crippen LogP contribution in [0.5, 0.6) is 0 Å². The van der Waals surface area contributed by atoms with E-state index in [0.29, 0.717) is 12.1 Å². The number of ether oxygens (including phenoxy) is 2. The summed E-state index contributed by atoms with van der Waals surface area (Å²) < 4.78 is 75.2. The van der Waals surface area contributed by atoms with Gasteiger partial charge in [0.1, 0.15) is 4.90 Å². The highest BCUT2D eigenvalue weighted by atomic mass is 79.9. The van der Waals surface area contributed by atoms with E-state index in [2.05, 4.69) is 21.2 Å². The zero-order valence-corrected chi connectivity index (χ0v) is 13.8. The number of hydrogen-bond donors (Lipinski definition) is 1. The van der Waals surface area contributed by atoms with Gasteiger partial charge in [-0.15, -0.1) is 0 Å². The Morgan fingerprint density at radius 1 is 1.10 bits per heavy atom. The van der Waals surface area contributed by atoms with Gasteiger partial charge in [-0.3, -0.25) is 0 Å². The van der Waals surface area contributed by atoms with E-state index in [1.54, 1.807) is 0 Å². The topological polar surface area (TPSA) is 30.5 Å². The molecule has 0 unspecified atom stereocenters. The van der Waals surface area contributed by atoms with Crippen molar-refractivity contribution in [3.63, 3.8) is 0 Å². The smallest absolute Gasteiger partial charge is 0.310 e. The quantitative estimate of drug-likeness (QED) is 0.403. The molecular formula is C11H15BrF5NO2S. The molecule has 0 aromatic heterocycles. The zero-order chi connectivity index (χ0) is 16.6. The normalized spacial score (nSPS) is 16.2. The van der Waals surface area contributed by atoms with Crippen molar-refractivity contribution in [1.29, 1.82) is 0 Å². The van der Waals surface area contributed by atoms with E-state index in [9.17, 15) is 19.4 Å². The van der Waals surface area contributed by atoms with Gasteiger partial charge in [0.05, 0.1) is 5.33 Å². The van der Waals surface area contributed by atoms with Gasteiger partial charge in [0.15, 0.2) is 0 Å². The van der Waals surface area contributed by atoms with Gasteiger partial charge in [-0.2, -0.15) is 0 Å². The number of anilines is 1. The number of methoxy groups -OCH3 is 2. The molecule has 0 spiro atoms. The number of rotatable bonds is 6. The molecule has 0 radical (unpaired) electrons. The van der Waals surface area contributed by atoms with Crippen LogP contribution in [0.15, 0.2) is 23.1 Å². The summed E-state index contributed by atoms with van der Waals surface area (Å²) in [6, 6.07) is 1.95. The summed E-state index contributed by atoms with van der Waals surface area (Å²) >= 11 is 3.05. The van der Waals surface area contributed by atoms with Gasteiger partial charge in [-0.05, 0) is 18.2 Å². The molecule has 124 valence electrons. The van der Waals surface area contributed by atoms with Crippen molar-refractivity contribution in [2.45, 2.75) is 10.7 Å². The van der Waals surface area contributed by atoms with Crippen molar-refractivity contribution in [2.24, 2.45) is 0 Å². The fraction of sp³-hybridized carbons (Fsp3) is 0.455. The standard InChI is InChI=1S/C11H15BrF5NO2S/c1-18-9-4-8(11(7-12,19-2)20-3)5-10(6-9)21(13,14,15,16)17/h4-6,18H,7H2,1-3H3. The van der Waals surface area contributed by atoms with E-state index in [4.69, 9.17) is 9.47 Å². The van der Waals surface area contributed by atoms with Gasteiger partial charge in [-0.25, -0.2) is 0 Å². The lowest BCUT2D eigenvalue weighted by Gasteiger charge is -2.41. The summed E-state index contributed by atoms with van der Waals surface area (Å²) in [5.74, 6) is -1.61. The second-order valence-electron chi connectivity index (χ2n) is 4.26. The minimum Gasteiger partial charge on any atom is -0.388 e. The highest BCUT2D eigenvalue weighted by Gasteiger charge is 2.65. The predicted molar refractivity (Wildman–Crippen MR) is 76.9 cm³/mol. The Bertz CT molecular complexity index is 524.